The molecule has 0 heterocycles. The topological polar surface area (TPSA) is 72.2 Å². The van der Waals surface area contributed by atoms with Gasteiger partial charge in [0.25, 0.3) is 11.6 Å². The number of hydrogen-bond acceptors (Lipinski definition) is 3. The Labute approximate surface area is 136 Å². The minimum Gasteiger partial charge on any atom is -0.321 e. The van der Waals surface area contributed by atoms with E-state index in [1.807, 2.05) is 0 Å². The lowest BCUT2D eigenvalue weighted by molar-refractivity contribution is -0.384. The van der Waals surface area contributed by atoms with Crippen molar-refractivity contribution in [2.45, 2.75) is 6.18 Å². The third kappa shape index (κ3) is 4.07. The van der Waals surface area contributed by atoms with Crippen LogP contribution in [-0.4, -0.2) is 10.8 Å². The Hall–Kier alpha value is -2.42. The van der Waals surface area contributed by atoms with Crippen LogP contribution in [0.2, 0.25) is 0 Å². The van der Waals surface area contributed by atoms with Gasteiger partial charge in [0.2, 0.25) is 0 Å². The highest BCUT2D eigenvalue weighted by atomic mass is 79.9. The second kappa shape index (κ2) is 6.37. The molecule has 0 aliphatic carbocycles. The van der Waals surface area contributed by atoms with E-state index in [-0.39, 0.29) is 16.9 Å². The van der Waals surface area contributed by atoms with Gasteiger partial charge in [0.05, 0.1) is 16.2 Å². The summed E-state index contributed by atoms with van der Waals surface area (Å²) in [5.41, 5.74) is -0.956. The van der Waals surface area contributed by atoms with Gasteiger partial charge < -0.3 is 5.32 Å². The average Bonchev–Trinajstić information content (AvgIpc) is 2.48. The van der Waals surface area contributed by atoms with Crippen molar-refractivity contribution < 1.29 is 22.9 Å². The quantitative estimate of drug-likeness (QED) is 0.615. The van der Waals surface area contributed by atoms with Crippen molar-refractivity contribution in [3.8, 4) is 0 Å². The number of alkyl halides is 3. The Bertz CT molecular complexity index is 761. The van der Waals surface area contributed by atoms with E-state index in [4.69, 9.17) is 0 Å². The monoisotopic (exact) mass is 388 g/mol. The molecule has 1 amide bonds. The maximum absolute atomic E-state index is 12.5. The number of amides is 1. The van der Waals surface area contributed by atoms with Crippen LogP contribution < -0.4 is 5.32 Å². The van der Waals surface area contributed by atoms with E-state index in [0.29, 0.717) is 4.47 Å². The number of carbonyl (C=O) groups is 1. The van der Waals surface area contributed by atoms with Crippen molar-refractivity contribution >= 4 is 33.2 Å². The van der Waals surface area contributed by atoms with E-state index in [1.165, 1.54) is 12.1 Å². The van der Waals surface area contributed by atoms with Crippen molar-refractivity contribution in [1.82, 2.24) is 0 Å². The summed E-state index contributed by atoms with van der Waals surface area (Å²) in [5, 5.41) is 13.1. The zero-order valence-electron chi connectivity index (χ0n) is 11.2. The van der Waals surface area contributed by atoms with E-state index >= 15 is 0 Å². The molecular formula is C14H8BrF3N2O3. The molecule has 2 rings (SSSR count). The van der Waals surface area contributed by atoms with Gasteiger partial charge in [-0.05, 0) is 46.3 Å². The van der Waals surface area contributed by atoms with Gasteiger partial charge in [-0.25, -0.2) is 0 Å². The van der Waals surface area contributed by atoms with Crippen molar-refractivity contribution in [1.29, 1.82) is 0 Å². The molecule has 1 N–H and O–H groups in total. The van der Waals surface area contributed by atoms with E-state index in [1.54, 1.807) is 0 Å². The minimum atomic E-state index is -4.49. The number of non-ortho nitro benzene ring substituents is 1. The maximum Gasteiger partial charge on any atom is 0.416 e. The summed E-state index contributed by atoms with van der Waals surface area (Å²) in [6, 6.07) is 7.42. The fourth-order valence-corrected chi connectivity index (χ4v) is 2.07. The number of halogens is 4. The van der Waals surface area contributed by atoms with Crippen molar-refractivity contribution in [3.05, 3.63) is 68.2 Å². The van der Waals surface area contributed by atoms with Gasteiger partial charge in [-0.1, -0.05) is 0 Å². The maximum atomic E-state index is 12.5. The second-order valence-corrected chi connectivity index (χ2v) is 5.30. The third-order valence-electron chi connectivity index (χ3n) is 2.88. The molecule has 2 aromatic rings. The molecule has 5 nitrogen and oxygen atoms in total. The van der Waals surface area contributed by atoms with Crippen LogP contribution in [0.15, 0.2) is 46.9 Å². The van der Waals surface area contributed by atoms with Gasteiger partial charge in [-0.3, -0.25) is 14.9 Å². The van der Waals surface area contributed by atoms with Crippen LogP contribution in [-0.2, 0) is 6.18 Å². The molecule has 0 saturated carbocycles. The van der Waals surface area contributed by atoms with Crippen LogP contribution in [0.1, 0.15) is 15.9 Å². The number of anilines is 1. The van der Waals surface area contributed by atoms with Crippen LogP contribution >= 0.6 is 15.9 Å². The zero-order valence-corrected chi connectivity index (χ0v) is 12.8. The molecule has 0 bridgehead atoms. The average molecular weight is 389 g/mol. The van der Waals surface area contributed by atoms with Crippen LogP contribution in [0.5, 0.6) is 0 Å². The van der Waals surface area contributed by atoms with Crippen LogP contribution in [0, 0.1) is 10.1 Å². The van der Waals surface area contributed by atoms with E-state index in [9.17, 15) is 28.1 Å². The summed E-state index contributed by atoms with van der Waals surface area (Å²) < 4.78 is 37.8. The summed E-state index contributed by atoms with van der Waals surface area (Å²) in [7, 11) is 0. The number of hydrogen-bond donors (Lipinski definition) is 1. The largest absolute Gasteiger partial charge is 0.416 e. The lowest BCUT2D eigenvalue weighted by atomic mass is 10.1. The van der Waals surface area contributed by atoms with E-state index in [2.05, 4.69) is 21.2 Å². The first-order valence-corrected chi connectivity index (χ1v) is 6.90. The number of rotatable bonds is 3. The molecule has 0 aliphatic rings. The highest BCUT2D eigenvalue weighted by Crippen LogP contribution is 2.30. The van der Waals surface area contributed by atoms with Gasteiger partial charge in [-0.2, -0.15) is 13.2 Å². The van der Waals surface area contributed by atoms with E-state index in [0.717, 1.165) is 30.3 Å². The molecule has 0 atom stereocenters. The lowest BCUT2D eigenvalue weighted by Crippen LogP contribution is -2.13. The molecule has 120 valence electrons. The Balaban J connectivity index is 2.22. The normalized spacial score (nSPS) is 11.1. The Morgan fingerprint density at radius 2 is 1.74 bits per heavy atom. The predicted molar refractivity (Wildman–Crippen MR) is 80.2 cm³/mol. The van der Waals surface area contributed by atoms with E-state index < -0.39 is 22.6 Å². The fraction of sp³-hybridized carbons (Fsp3) is 0.0714. The highest BCUT2D eigenvalue weighted by molar-refractivity contribution is 9.10. The molecule has 0 aliphatic heterocycles. The number of nitro groups is 1. The van der Waals surface area contributed by atoms with Crippen molar-refractivity contribution in [3.63, 3.8) is 0 Å². The molecule has 23 heavy (non-hydrogen) atoms. The third-order valence-corrected chi connectivity index (χ3v) is 3.57. The van der Waals surface area contributed by atoms with Gasteiger partial charge in [-0.15, -0.1) is 0 Å². The molecule has 9 heteroatoms. The molecule has 0 saturated heterocycles. The fourth-order valence-electron chi connectivity index (χ4n) is 1.73. The standard InChI is InChI=1S/C14H8BrF3N2O3/c15-11-6-5-10(20(22)23)7-12(11)19-13(21)8-1-3-9(4-2-8)14(16,17)18/h1-7H,(H,19,21). The summed E-state index contributed by atoms with van der Waals surface area (Å²) in [5.74, 6) is -0.681. The first kappa shape index (κ1) is 16.9. The second-order valence-electron chi connectivity index (χ2n) is 4.45. The summed E-state index contributed by atoms with van der Waals surface area (Å²) in [4.78, 5) is 22.1. The van der Waals surface area contributed by atoms with Gasteiger partial charge in [0.15, 0.2) is 0 Å². The molecular weight excluding hydrogens is 381 g/mol. The van der Waals surface area contributed by atoms with Crippen molar-refractivity contribution in [2.24, 2.45) is 0 Å². The minimum absolute atomic E-state index is 0.00333. The molecule has 0 unspecified atom stereocenters. The number of nitrogens with one attached hydrogen (secondary N) is 1. The molecule has 2 aromatic carbocycles. The highest BCUT2D eigenvalue weighted by Gasteiger charge is 2.30. The van der Waals surface area contributed by atoms with Gasteiger partial charge >= 0.3 is 6.18 Å². The van der Waals surface area contributed by atoms with Crippen LogP contribution in [0.25, 0.3) is 0 Å². The first-order chi connectivity index (χ1) is 10.7. The van der Waals surface area contributed by atoms with Gasteiger partial charge in [0.1, 0.15) is 0 Å². The molecule has 0 aromatic heterocycles. The SMILES string of the molecule is O=C(Nc1cc([N+](=O)[O-])ccc1Br)c1ccc(C(F)(F)F)cc1. The van der Waals surface area contributed by atoms with Crippen molar-refractivity contribution in [2.75, 3.05) is 5.32 Å². The molecule has 0 fully saturated rings. The number of benzene rings is 2. The van der Waals surface area contributed by atoms with Crippen LogP contribution in [0.3, 0.4) is 0 Å². The Kier molecular flexibility index (Phi) is 4.69. The smallest absolute Gasteiger partial charge is 0.321 e. The molecule has 0 radical (unpaired) electrons. The predicted octanol–water partition coefficient (Wildman–Crippen LogP) is 4.63. The number of carbonyl (C=O) groups excluding carboxylic acids is 1. The number of nitro benzene ring substituents is 1. The number of nitrogens with zero attached hydrogens (tertiary/aromatic N) is 1. The zero-order chi connectivity index (χ0) is 17.2. The lowest BCUT2D eigenvalue weighted by Gasteiger charge is -2.09. The Morgan fingerprint density at radius 1 is 1.13 bits per heavy atom. The van der Waals surface area contributed by atoms with Gasteiger partial charge in [0, 0.05) is 22.2 Å². The molecule has 0 spiro atoms. The Morgan fingerprint density at radius 3 is 2.26 bits per heavy atom. The summed E-state index contributed by atoms with van der Waals surface area (Å²) >= 11 is 3.13. The van der Waals surface area contributed by atoms with Crippen LogP contribution in [0.4, 0.5) is 24.5 Å². The summed E-state index contributed by atoms with van der Waals surface area (Å²) in [6.07, 6.45) is -4.49. The summed E-state index contributed by atoms with van der Waals surface area (Å²) in [6.45, 7) is 0. The first-order valence-electron chi connectivity index (χ1n) is 6.11.